The molecule has 0 aliphatic heterocycles. The average Bonchev–Trinajstić information content (AvgIpc) is 2.54. The predicted molar refractivity (Wildman–Crippen MR) is 86.4 cm³/mol. The molecule has 0 heterocycles. The van der Waals surface area contributed by atoms with Gasteiger partial charge in [0.15, 0.2) is 0 Å². The molecule has 2 rings (SSSR count). The monoisotopic (exact) mass is 318 g/mol. The first kappa shape index (κ1) is 16.5. The zero-order valence-corrected chi connectivity index (χ0v) is 13.2. The van der Waals surface area contributed by atoms with Gasteiger partial charge >= 0.3 is 5.97 Å². The van der Waals surface area contributed by atoms with Crippen LogP contribution in [-0.2, 0) is 16.1 Å². The molecule has 0 aliphatic carbocycles. The van der Waals surface area contributed by atoms with Crippen LogP contribution in [0, 0.1) is 5.92 Å². The SMILES string of the molecule is C[C@H](CC(=O)OCc1ccccc1)C(O)c1ccc(Cl)cc1. The molecule has 0 fully saturated rings. The van der Waals surface area contributed by atoms with Crippen molar-refractivity contribution in [2.45, 2.75) is 26.1 Å². The Hall–Kier alpha value is -1.84. The fraction of sp³-hybridized carbons (Fsp3) is 0.278. The normalized spacial score (nSPS) is 13.4. The second kappa shape index (κ2) is 7.97. The lowest BCUT2D eigenvalue weighted by atomic mass is 9.95. The summed E-state index contributed by atoms with van der Waals surface area (Å²) >= 11 is 5.82. The number of carbonyl (C=O) groups excluding carboxylic acids is 1. The van der Waals surface area contributed by atoms with Gasteiger partial charge in [-0.1, -0.05) is 61.0 Å². The molecule has 2 atom stereocenters. The molecule has 0 amide bonds. The Kier molecular flexibility index (Phi) is 5.99. The van der Waals surface area contributed by atoms with E-state index in [0.717, 1.165) is 11.1 Å². The van der Waals surface area contributed by atoms with Crippen molar-refractivity contribution in [3.8, 4) is 0 Å². The highest BCUT2D eigenvalue weighted by Gasteiger charge is 2.20. The molecule has 1 unspecified atom stereocenters. The first-order chi connectivity index (χ1) is 10.6. The molecule has 4 heteroatoms. The van der Waals surface area contributed by atoms with Crippen molar-refractivity contribution < 1.29 is 14.6 Å². The van der Waals surface area contributed by atoms with Crippen LogP contribution < -0.4 is 0 Å². The number of hydrogen-bond donors (Lipinski definition) is 1. The highest BCUT2D eigenvalue weighted by atomic mass is 35.5. The first-order valence-electron chi connectivity index (χ1n) is 7.19. The van der Waals surface area contributed by atoms with Crippen LogP contribution in [0.2, 0.25) is 5.02 Å². The third-order valence-electron chi connectivity index (χ3n) is 3.48. The Balaban J connectivity index is 1.84. The minimum absolute atomic E-state index is 0.163. The number of carbonyl (C=O) groups is 1. The molecule has 0 saturated heterocycles. The number of hydrogen-bond acceptors (Lipinski definition) is 3. The van der Waals surface area contributed by atoms with Gasteiger partial charge in [0, 0.05) is 5.02 Å². The van der Waals surface area contributed by atoms with Gasteiger partial charge in [0.05, 0.1) is 12.5 Å². The Bertz CT molecular complexity index is 595. The van der Waals surface area contributed by atoms with Crippen LogP contribution in [0.25, 0.3) is 0 Å². The highest BCUT2D eigenvalue weighted by molar-refractivity contribution is 6.30. The van der Waals surface area contributed by atoms with Gasteiger partial charge in [-0.05, 0) is 29.2 Å². The van der Waals surface area contributed by atoms with Crippen LogP contribution >= 0.6 is 11.6 Å². The summed E-state index contributed by atoms with van der Waals surface area (Å²) in [5.74, 6) is -0.547. The van der Waals surface area contributed by atoms with Gasteiger partial charge < -0.3 is 9.84 Å². The summed E-state index contributed by atoms with van der Waals surface area (Å²) in [5, 5.41) is 10.9. The lowest BCUT2D eigenvalue weighted by molar-refractivity contribution is -0.147. The molecule has 3 nitrogen and oxygen atoms in total. The summed E-state index contributed by atoms with van der Waals surface area (Å²) < 4.78 is 5.23. The van der Waals surface area contributed by atoms with E-state index in [1.54, 1.807) is 24.3 Å². The van der Waals surface area contributed by atoms with Gasteiger partial charge in [0.25, 0.3) is 0 Å². The van der Waals surface area contributed by atoms with E-state index < -0.39 is 6.10 Å². The summed E-state index contributed by atoms with van der Waals surface area (Å²) in [6.07, 6.45) is -0.557. The number of aliphatic hydroxyl groups is 1. The van der Waals surface area contributed by atoms with Crippen molar-refractivity contribution in [1.82, 2.24) is 0 Å². The third-order valence-corrected chi connectivity index (χ3v) is 3.73. The molecule has 0 spiro atoms. The largest absolute Gasteiger partial charge is 0.461 e. The number of esters is 1. The van der Waals surface area contributed by atoms with Gasteiger partial charge in [0.2, 0.25) is 0 Å². The smallest absolute Gasteiger partial charge is 0.306 e. The Morgan fingerprint density at radius 1 is 1.14 bits per heavy atom. The van der Waals surface area contributed by atoms with E-state index >= 15 is 0 Å². The molecule has 1 N–H and O–H groups in total. The zero-order valence-electron chi connectivity index (χ0n) is 12.4. The summed E-state index contributed by atoms with van der Waals surface area (Å²) in [6.45, 7) is 2.08. The fourth-order valence-electron chi connectivity index (χ4n) is 2.16. The van der Waals surface area contributed by atoms with Crippen molar-refractivity contribution in [3.05, 3.63) is 70.7 Å². The fourth-order valence-corrected chi connectivity index (χ4v) is 2.29. The molecule has 0 bridgehead atoms. The quantitative estimate of drug-likeness (QED) is 0.814. The van der Waals surface area contributed by atoms with Crippen molar-refractivity contribution in [2.24, 2.45) is 5.92 Å². The number of benzene rings is 2. The molecule has 0 aliphatic rings. The summed E-state index contributed by atoms with van der Waals surface area (Å²) in [5.41, 5.74) is 1.69. The Labute approximate surface area is 135 Å². The second-order valence-electron chi connectivity index (χ2n) is 5.32. The molecule has 0 aromatic heterocycles. The Morgan fingerprint density at radius 3 is 2.41 bits per heavy atom. The second-order valence-corrected chi connectivity index (χ2v) is 5.76. The van der Waals surface area contributed by atoms with Crippen LogP contribution in [0.1, 0.15) is 30.6 Å². The van der Waals surface area contributed by atoms with Crippen LogP contribution in [0.4, 0.5) is 0 Å². The predicted octanol–water partition coefficient (Wildman–Crippen LogP) is 4.14. The van der Waals surface area contributed by atoms with Crippen molar-refractivity contribution in [2.75, 3.05) is 0 Å². The molecule has 22 heavy (non-hydrogen) atoms. The van der Waals surface area contributed by atoms with E-state index in [-0.39, 0.29) is 24.9 Å². The van der Waals surface area contributed by atoms with Gasteiger partial charge in [0.1, 0.15) is 6.61 Å². The Morgan fingerprint density at radius 2 is 1.77 bits per heavy atom. The van der Waals surface area contributed by atoms with Crippen molar-refractivity contribution >= 4 is 17.6 Å². The van der Waals surface area contributed by atoms with E-state index in [1.807, 2.05) is 37.3 Å². The first-order valence-corrected chi connectivity index (χ1v) is 7.57. The maximum Gasteiger partial charge on any atom is 0.306 e. The summed E-state index contributed by atoms with van der Waals surface area (Å²) in [4.78, 5) is 11.9. The minimum atomic E-state index is -0.721. The molecular weight excluding hydrogens is 300 g/mol. The average molecular weight is 319 g/mol. The lowest BCUT2D eigenvalue weighted by Crippen LogP contribution is -2.16. The molecular formula is C18H19ClO3. The topological polar surface area (TPSA) is 46.5 Å². The maximum absolute atomic E-state index is 11.9. The number of halogens is 1. The summed E-state index contributed by atoms with van der Waals surface area (Å²) in [7, 11) is 0. The highest BCUT2D eigenvalue weighted by Crippen LogP contribution is 2.25. The molecule has 116 valence electrons. The number of aliphatic hydroxyl groups excluding tert-OH is 1. The van der Waals surface area contributed by atoms with Gasteiger partial charge in [-0.25, -0.2) is 0 Å². The van der Waals surface area contributed by atoms with Gasteiger partial charge in [-0.15, -0.1) is 0 Å². The van der Waals surface area contributed by atoms with Crippen LogP contribution in [0.15, 0.2) is 54.6 Å². The lowest BCUT2D eigenvalue weighted by Gasteiger charge is -2.18. The van der Waals surface area contributed by atoms with E-state index in [9.17, 15) is 9.90 Å². The standard InChI is InChI=1S/C18H19ClO3/c1-13(18(21)15-7-9-16(19)10-8-15)11-17(20)22-12-14-5-3-2-4-6-14/h2-10,13,18,21H,11-12H2,1H3/t13-,18?/m1/s1. The molecule has 0 saturated carbocycles. The van der Waals surface area contributed by atoms with Crippen LogP contribution in [0.3, 0.4) is 0 Å². The van der Waals surface area contributed by atoms with E-state index in [4.69, 9.17) is 16.3 Å². The van der Waals surface area contributed by atoms with Crippen molar-refractivity contribution in [3.63, 3.8) is 0 Å². The minimum Gasteiger partial charge on any atom is -0.461 e. The maximum atomic E-state index is 11.9. The van der Waals surface area contributed by atoms with Gasteiger partial charge in [-0.2, -0.15) is 0 Å². The van der Waals surface area contributed by atoms with Crippen LogP contribution in [0.5, 0.6) is 0 Å². The van der Waals surface area contributed by atoms with E-state index in [2.05, 4.69) is 0 Å². The molecule has 2 aromatic carbocycles. The molecule has 0 radical (unpaired) electrons. The summed E-state index contributed by atoms with van der Waals surface area (Å²) in [6, 6.07) is 16.5. The van der Waals surface area contributed by atoms with Crippen LogP contribution in [-0.4, -0.2) is 11.1 Å². The third kappa shape index (κ3) is 4.86. The van der Waals surface area contributed by atoms with Crippen molar-refractivity contribution in [1.29, 1.82) is 0 Å². The number of rotatable bonds is 6. The molecule has 2 aromatic rings. The zero-order chi connectivity index (χ0) is 15.9. The van der Waals surface area contributed by atoms with E-state index in [1.165, 1.54) is 0 Å². The number of ether oxygens (including phenoxy) is 1. The van der Waals surface area contributed by atoms with E-state index in [0.29, 0.717) is 5.02 Å². The van der Waals surface area contributed by atoms with Gasteiger partial charge in [-0.3, -0.25) is 4.79 Å².